The van der Waals surface area contributed by atoms with Gasteiger partial charge in [0.2, 0.25) is 0 Å². The first-order valence-electron chi connectivity index (χ1n) is 5.43. The van der Waals surface area contributed by atoms with Gasteiger partial charge in [0.05, 0.1) is 11.2 Å². The van der Waals surface area contributed by atoms with Gasteiger partial charge in [-0.05, 0) is 19.3 Å². The van der Waals surface area contributed by atoms with Crippen molar-refractivity contribution >= 4 is 28.8 Å². The van der Waals surface area contributed by atoms with Gasteiger partial charge in [-0.1, -0.05) is 6.92 Å². The Labute approximate surface area is 104 Å². The maximum absolute atomic E-state index is 12.2. The Morgan fingerprint density at radius 3 is 3.06 bits per heavy atom. The first-order valence-corrected chi connectivity index (χ1v) is 6.78. The molecule has 0 bridgehead atoms. The summed E-state index contributed by atoms with van der Waals surface area (Å²) in [5.41, 5.74) is 0. The van der Waals surface area contributed by atoms with Crippen LogP contribution in [-0.4, -0.2) is 34.3 Å². The average molecular weight is 259 g/mol. The molecule has 2 unspecified atom stereocenters. The number of hydrogen-bond acceptors (Lipinski definition) is 3. The van der Waals surface area contributed by atoms with Crippen molar-refractivity contribution in [3.63, 3.8) is 0 Å². The van der Waals surface area contributed by atoms with E-state index in [0.717, 1.165) is 22.9 Å². The van der Waals surface area contributed by atoms with Crippen molar-refractivity contribution in [2.45, 2.75) is 26.3 Å². The van der Waals surface area contributed by atoms with Crippen molar-refractivity contribution in [1.82, 2.24) is 9.88 Å². The van der Waals surface area contributed by atoms with Crippen molar-refractivity contribution in [2.24, 2.45) is 5.92 Å². The molecule has 16 heavy (non-hydrogen) atoms. The molecule has 3 nitrogen and oxygen atoms in total. The summed E-state index contributed by atoms with van der Waals surface area (Å²) in [7, 11) is 0. The standard InChI is InChI=1S/C11H15ClN2OS/c1-7-3-4-14(9(7)5-12)11(15)10-6-13-8(2)16-10/h6-7,9H,3-5H2,1-2H3. The van der Waals surface area contributed by atoms with Crippen LogP contribution in [0.4, 0.5) is 0 Å². The fraction of sp³-hybridized carbons (Fsp3) is 0.636. The van der Waals surface area contributed by atoms with Crippen molar-refractivity contribution in [3.8, 4) is 0 Å². The monoisotopic (exact) mass is 258 g/mol. The van der Waals surface area contributed by atoms with Crippen LogP contribution in [0.15, 0.2) is 6.20 Å². The second-order valence-corrected chi connectivity index (χ2v) is 5.77. The molecule has 0 aliphatic carbocycles. The highest BCUT2D eigenvalue weighted by Gasteiger charge is 2.34. The van der Waals surface area contributed by atoms with Crippen LogP contribution in [0.2, 0.25) is 0 Å². The molecule has 0 N–H and O–H groups in total. The minimum atomic E-state index is 0.0839. The van der Waals surface area contributed by atoms with E-state index in [9.17, 15) is 4.79 Å². The molecule has 0 spiro atoms. The summed E-state index contributed by atoms with van der Waals surface area (Å²) in [6.45, 7) is 4.87. The number of alkyl halides is 1. The third-order valence-electron chi connectivity index (χ3n) is 3.13. The van der Waals surface area contributed by atoms with E-state index < -0.39 is 0 Å². The topological polar surface area (TPSA) is 33.2 Å². The number of amides is 1. The SMILES string of the molecule is Cc1ncc(C(=O)N2CCC(C)C2CCl)s1. The quantitative estimate of drug-likeness (QED) is 0.764. The summed E-state index contributed by atoms with van der Waals surface area (Å²) in [5, 5.41) is 0.929. The van der Waals surface area contributed by atoms with Crippen LogP contribution in [0, 0.1) is 12.8 Å². The lowest BCUT2D eigenvalue weighted by molar-refractivity contribution is 0.0741. The number of aromatic nitrogens is 1. The molecule has 2 rings (SSSR count). The highest BCUT2D eigenvalue weighted by atomic mass is 35.5. The van der Waals surface area contributed by atoms with Crippen LogP contribution in [0.5, 0.6) is 0 Å². The normalized spacial score (nSPS) is 25.1. The van der Waals surface area contributed by atoms with Gasteiger partial charge in [0.1, 0.15) is 4.88 Å². The first kappa shape index (κ1) is 11.9. The molecule has 1 aliphatic rings. The number of likely N-dealkylation sites (tertiary alicyclic amines) is 1. The van der Waals surface area contributed by atoms with Gasteiger partial charge in [-0.15, -0.1) is 22.9 Å². The van der Waals surface area contributed by atoms with E-state index in [1.54, 1.807) is 6.20 Å². The van der Waals surface area contributed by atoms with Crippen LogP contribution < -0.4 is 0 Å². The van der Waals surface area contributed by atoms with E-state index >= 15 is 0 Å². The van der Waals surface area contributed by atoms with Gasteiger partial charge >= 0.3 is 0 Å². The Morgan fingerprint density at radius 2 is 2.50 bits per heavy atom. The number of thiazole rings is 1. The molecule has 0 saturated carbocycles. The van der Waals surface area contributed by atoms with E-state index in [1.165, 1.54) is 11.3 Å². The summed E-state index contributed by atoms with van der Waals surface area (Å²) in [5.74, 6) is 1.10. The molecular weight excluding hydrogens is 244 g/mol. The highest BCUT2D eigenvalue weighted by molar-refractivity contribution is 7.13. The molecule has 5 heteroatoms. The summed E-state index contributed by atoms with van der Waals surface area (Å²) in [6, 6.07) is 0.177. The maximum atomic E-state index is 12.2. The van der Waals surface area contributed by atoms with Gasteiger partial charge < -0.3 is 4.90 Å². The molecule has 2 atom stereocenters. The van der Waals surface area contributed by atoms with Crippen LogP contribution in [0.25, 0.3) is 0 Å². The van der Waals surface area contributed by atoms with E-state index in [4.69, 9.17) is 11.6 Å². The Kier molecular flexibility index (Phi) is 3.50. The third-order valence-corrected chi connectivity index (χ3v) is 4.35. The molecule has 1 aliphatic heterocycles. The van der Waals surface area contributed by atoms with Crippen LogP contribution in [-0.2, 0) is 0 Å². The lowest BCUT2D eigenvalue weighted by Gasteiger charge is -2.24. The molecule has 1 amide bonds. The van der Waals surface area contributed by atoms with Crippen molar-refractivity contribution in [3.05, 3.63) is 16.1 Å². The molecule has 88 valence electrons. The number of aryl methyl sites for hydroxylation is 1. The van der Waals surface area contributed by atoms with Gasteiger partial charge in [-0.25, -0.2) is 4.98 Å². The molecule has 0 aromatic carbocycles. The van der Waals surface area contributed by atoms with Crippen LogP contribution in [0.3, 0.4) is 0 Å². The Hall–Kier alpha value is -0.610. The smallest absolute Gasteiger partial charge is 0.265 e. The summed E-state index contributed by atoms with van der Waals surface area (Å²) in [4.78, 5) is 18.9. The zero-order valence-corrected chi connectivity index (χ0v) is 11.0. The van der Waals surface area contributed by atoms with E-state index in [-0.39, 0.29) is 11.9 Å². The third kappa shape index (κ3) is 2.09. The number of carbonyl (C=O) groups is 1. The number of rotatable bonds is 2. The van der Waals surface area contributed by atoms with Crippen LogP contribution in [0.1, 0.15) is 28.0 Å². The van der Waals surface area contributed by atoms with Gasteiger partial charge in [0, 0.05) is 18.5 Å². The number of carbonyl (C=O) groups excluding carboxylic acids is 1. The second kappa shape index (κ2) is 4.72. The van der Waals surface area contributed by atoms with Crippen molar-refractivity contribution in [1.29, 1.82) is 0 Å². The summed E-state index contributed by atoms with van der Waals surface area (Å²) in [6.07, 6.45) is 2.71. The van der Waals surface area contributed by atoms with Crippen molar-refractivity contribution in [2.75, 3.05) is 12.4 Å². The maximum Gasteiger partial charge on any atom is 0.265 e. The molecular formula is C11H15ClN2OS. The van der Waals surface area contributed by atoms with E-state index in [2.05, 4.69) is 11.9 Å². The predicted octanol–water partition coefficient (Wildman–Crippen LogP) is 2.54. The lowest BCUT2D eigenvalue weighted by Crippen LogP contribution is -2.38. The first-order chi connectivity index (χ1) is 7.63. The molecule has 1 fully saturated rings. The van der Waals surface area contributed by atoms with E-state index in [0.29, 0.717) is 11.8 Å². The van der Waals surface area contributed by atoms with E-state index in [1.807, 2.05) is 11.8 Å². The zero-order valence-electron chi connectivity index (χ0n) is 9.44. The van der Waals surface area contributed by atoms with Crippen molar-refractivity contribution < 1.29 is 4.79 Å². The Bertz CT molecular complexity index is 393. The van der Waals surface area contributed by atoms with Gasteiger partial charge in [0.15, 0.2) is 0 Å². The average Bonchev–Trinajstić information content (AvgIpc) is 2.83. The number of hydrogen-bond donors (Lipinski definition) is 0. The summed E-state index contributed by atoms with van der Waals surface area (Å²) >= 11 is 7.38. The molecule has 1 aromatic heterocycles. The Morgan fingerprint density at radius 1 is 1.75 bits per heavy atom. The molecule has 1 saturated heterocycles. The number of nitrogens with zero attached hydrogens (tertiary/aromatic N) is 2. The predicted molar refractivity (Wildman–Crippen MR) is 66.2 cm³/mol. The molecule has 1 aromatic rings. The lowest BCUT2D eigenvalue weighted by atomic mass is 10.1. The van der Waals surface area contributed by atoms with Crippen LogP contribution >= 0.6 is 22.9 Å². The minimum Gasteiger partial charge on any atom is -0.333 e. The highest BCUT2D eigenvalue weighted by Crippen LogP contribution is 2.27. The summed E-state index contributed by atoms with van der Waals surface area (Å²) < 4.78 is 0. The molecule has 0 radical (unpaired) electrons. The second-order valence-electron chi connectivity index (χ2n) is 4.23. The Balaban J connectivity index is 2.16. The zero-order chi connectivity index (χ0) is 11.7. The number of halogens is 1. The van der Waals surface area contributed by atoms with Gasteiger partial charge in [0.25, 0.3) is 5.91 Å². The van der Waals surface area contributed by atoms with Gasteiger partial charge in [-0.3, -0.25) is 4.79 Å². The minimum absolute atomic E-state index is 0.0839. The van der Waals surface area contributed by atoms with Gasteiger partial charge in [-0.2, -0.15) is 0 Å². The largest absolute Gasteiger partial charge is 0.333 e. The fourth-order valence-electron chi connectivity index (χ4n) is 2.10. The molecule has 2 heterocycles. The fourth-order valence-corrected chi connectivity index (χ4v) is 3.30.